The fourth-order valence-electron chi connectivity index (χ4n) is 2.53. The molecule has 1 aliphatic rings. The van der Waals surface area contributed by atoms with Crippen molar-refractivity contribution in [2.24, 2.45) is 0 Å². The van der Waals surface area contributed by atoms with Gasteiger partial charge in [-0.2, -0.15) is 0 Å². The molecule has 0 bridgehead atoms. The van der Waals surface area contributed by atoms with E-state index >= 15 is 0 Å². The van der Waals surface area contributed by atoms with E-state index in [1.165, 1.54) is 6.42 Å². The van der Waals surface area contributed by atoms with Gasteiger partial charge in [-0.3, -0.25) is 0 Å². The fraction of sp³-hybridized carbons (Fsp3) is 0.571. The van der Waals surface area contributed by atoms with Gasteiger partial charge in [0.25, 0.3) is 0 Å². The Morgan fingerprint density at radius 2 is 2.11 bits per heavy atom. The first-order valence-corrected chi connectivity index (χ1v) is 6.39. The molecule has 0 amide bonds. The Balaban J connectivity index is 2.34. The first-order valence-electron chi connectivity index (χ1n) is 6.39. The predicted molar refractivity (Wildman–Crippen MR) is 71.6 cm³/mol. The van der Waals surface area contributed by atoms with Gasteiger partial charge in [-0.05, 0) is 31.4 Å². The standard InChI is InChI=1S/C14H21NO3/c1-17-12-6-7-14(18-2)13(9-12)15-8-4-3-5-11(15)10-16/h6-7,9,11,16H,3-5,8,10H2,1-2H3. The minimum absolute atomic E-state index is 0.180. The highest BCUT2D eigenvalue weighted by Gasteiger charge is 2.24. The molecule has 1 aliphatic heterocycles. The molecule has 2 rings (SSSR count). The van der Waals surface area contributed by atoms with Crippen LogP contribution in [0.5, 0.6) is 11.5 Å². The smallest absolute Gasteiger partial charge is 0.142 e. The number of ether oxygens (including phenoxy) is 2. The molecule has 1 atom stereocenters. The summed E-state index contributed by atoms with van der Waals surface area (Å²) in [5.74, 6) is 1.64. The van der Waals surface area contributed by atoms with E-state index in [4.69, 9.17) is 9.47 Å². The Hall–Kier alpha value is -1.42. The molecule has 4 heteroatoms. The third-order valence-corrected chi connectivity index (χ3v) is 3.53. The van der Waals surface area contributed by atoms with Crippen molar-refractivity contribution in [3.8, 4) is 11.5 Å². The Morgan fingerprint density at radius 3 is 2.78 bits per heavy atom. The van der Waals surface area contributed by atoms with Gasteiger partial charge in [0.05, 0.1) is 32.6 Å². The topological polar surface area (TPSA) is 41.9 Å². The molecule has 18 heavy (non-hydrogen) atoms. The van der Waals surface area contributed by atoms with Crippen LogP contribution in [0, 0.1) is 0 Å². The van der Waals surface area contributed by atoms with Crippen LogP contribution in [0.4, 0.5) is 5.69 Å². The molecule has 1 aromatic carbocycles. The number of aliphatic hydroxyl groups excluding tert-OH is 1. The highest BCUT2D eigenvalue weighted by molar-refractivity contribution is 5.62. The van der Waals surface area contributed by atoms with Gasteiger partial charge in [0.1, 0.15) is 11.5 Å². The fourth-order valence-corrected chi connectivity index (χ4v) is 2.53. The van der Waals surface area contributed by atoms with Crippen molar-refractivity contribution >= 4 is 5.69 Å². The van der Waals surface area contributed by atoms with Gasteiger partial charge in [-0.25, -0.2) is 0 Å². The number of hydrogen-bond donors (Lipinski definition) is 1. The van der Waals surface area contributed by atoms with E-state index in [9.17, 15) is 5.11 Å². The highest BCUT2D eigenvalue weighted by Crippen LogP contribution is 2.35. The lowest BCUT2D eigenvalue weighted by Crippen LogP contribution is -2.42. The second-order valence-electron chi connectivity index (χ2n) is 4.56. The van der Waals surface area contributed by atoms with Crippen molar-refractivity contribution in [1.29, 1.82) is 0 Å². The Kier molecular flexibility index (Phi) is 4.31. The maximum atomic E-state index is 9.50. The summed E-state index contributed by atoms with van der Waals surface area (Å²) >= 11 is 0. The minimum Gasteiger partial charge on any atom is -0.497 e. The van der Waals surface area contributed by atoms with E-state index in [1.807, 2.05) is 18.2 Å². The normalized spacial score (nSPS) is 19.7. The van der Waals surface area contributed by atoms with E-state index in [-0.39, 0.29) is 12.6 Å². The molecular formula is C14H21NO3. The molecule has 1 fully saturated rings. The van der Waals surface area contributed by atoms with Crippen LogP contribution in [0.25, 0.3) is 0 Å². The largest absolute Gasteiger partial charge is 0.497 e. The summed E-state index contributed by atoms with van der Waals surface area (Å²) < 4.78 is 10.7. The lowest BCUT2D eigenvalue weighted by Gasteiger charge is -2.37. The lowest BCUT2D eigenvalue weighted by atomic mass is 10.0. The van der Waals surface area contributed by atoms with Crippen LogP contribution in [0.1, 0.15) is 19.3 Å². The zero-order chi connectivity index (χ0) is 13.0. The summed E-state index contributed by atoms with van der Waals surface area (Å²) in [7, 11) is 3.33. The van der Waals surface area contributed by atoms with Crippen LogP contribution in [-0.2, 0) is 0 Å². The summed E-state index contributed by atoms with van der Waals surface area (Å²) in [4.78, 5) is 2.23. The van der Waals surface area contributed by atoms with E-state index in [0.717, 1.165) is 36.6 Å². The summed E-state index contributed by atoms with van der Waals surface area (Å²) in [6.07, 6.45) is 3.35. The number of rotatable bonds is 4. The first-order chi connectivity index (χ1) is 8.80. The molecule has 100 valence electrons. The van der Waals surface area contributed by atoms with Crippen molar-refractivity contribution in [2.45, 2.75) is 25.3 Å². The Morgan fingerprint density at radius 1 is 1.28 bits per heavy atom. The number of anilines is 1. The molecule has 1 saturated heterocycles. The second-order valence-corrected chi connectivity index (χ2v) is 4.56. The summed E-state index contributed by atoms with van der Waals surface area (Å²) in [5.41, 5.74) is 1.01. The number of benzene rings is 1. The zero-order valence-electron chi connectivity index (χ0n) is 11.1. The molecule has 1 aromatic rings. The number of hydrogen-bond acceptors (Lipinski definition) is 4. The molecule has 0 aliphatic carbocycles. The van der Waals surface area contributed by atoms with Crippen molar-refractivity contribution in [1.82, 2.24) is 0 Å². The SMILES string of the molecule is COc1ccc(OC)c(N2CCCCC2CO)c1. The van der Waals surface area contributed by atoms with E-state index in [1.54, 1.807) is 14.2 Å². The molecular weight excluding hydrogens is 230 g/mol. The molecule has 0 aromatic heterocycles. The molecule has 0 radical (unpaired) electrons. The highest BCUT2D eigenvalue weighted by atomic mass is 16.5. The number of piperidine rings is 1. The summed E-state index contributed by atoms with van der Waals surface area (Å²) in [5, 5.41) is 9.50. The van der Waals surface area contributed by atoms with Crippen molar-refractivity contribution in [2.75, 3.05) is 32.3 Å². The lowest BCUT2D eigenvalue weighted by molar-refractivity contribution is 0.239. The summed E-state index contributed by atoms with van der Waals surface area (Å²) in [6, 6.07) is 5.96. The third kappa shape index (κ3) is 2.53. The molecule has 4 nitrogen and oxygen atoms in total. The summed E-state index contributed by atoms with van der Waals surface area (Å²) in [6.45, 7) is 1.13. The minimum atomic E-state index is 0.180. The van der Waals surface area contributed by atoms with Crippen LogP contribution in [-0.4, -0.2) is 38.5 Å². The van der Waals surface area contributed by atoms with Crippen LogP contribution in [0.3, 0.4) is 0 Å². The van der Waals surface area contributed by atoms with Gasteiger partial charge in [0, 0.05) is 12.6 Å². The average Bonchev–Trinajstić information content (AvgIpc) is 2.46. The molecule has 1 N–H and O–H groups in total. The van der Waals surface area contributed by atoms with Crippen LogP contribution in [0.15, 0.2) is 18.2 Å². The van der Waals surface area contributed by atoms with Gasteiger partial charge in [0.2, 0.25) is 0 Å². The molecule has 0 saturated carbocycles. The van der Waals surface area contributed by atoms with E-state index in [2.05, 4.69) is 4.90 Å². The Labute approximate surface area is 108 Å². The van der Waals surface area contributed by atoms with E-state index < -0.39 is 0 Å². The van der Waals surface area contributed by atoms with Crippen LogP contribution >= 0.6 is 0 Å². The number of methoxy groups -OCH3 is 2. The zero-order valence-corrected chi connectivity index (χ0v) is 11.1. The predicted octanol–water partition coefficient (Wildman–Crippen LogP) is 2.05. The van der Waals surface area contributed by atoms with Gasteiger partial charge in [0.15, 0.2) is 0 Å². The maximum absolute atomic E-state index is 9.50. The Bertz CT molecular complexity index is 395. The van der Waals surface area contributed by atoms with Crippen LogP contribution in [0.2, 0.25) is 0 Å². The van der Waals surface area contributed by atoms with Crippen molar-refractivity contribution in [3.63, 3.8) is 0 Å². The molecule has 1 unspecified atom stereocenters. The average molecular weight is 251 g/mol. The van der Waals surface area contributed by atoms with Gasteiger partial charge >= 0.3 is 0 Å². The maximum Gasteiger partial charge on any atom is 0.142 e. The van der Waals surface area contributed by atoms with Gasteiger partial charge < -0.3 is 19.5 Å². The molecule has 1 heterocycles. The molecule has 0 spiro atoms. The monoisotopic (exact) mass is 251 g/mol. The van der Waals surface area contributed by atoms with Crippen LogP contribution < -0.4 is 14.4 Å². The third-order valence-electron chi connectivity index (χ3n) is 3.53. The second kappa shape index (κ2) is 5.96. The first kappa shape index (κ1) is 13.0. The number of nitrogens with zero attached hydrogens (tertiary/aromatic N) is 1. The van der Waals surface area contributed by atoms with Gasteiger partial charge in [-0.15, -0.1) is 0 Å². The quantitative estimate of drug-likeness (QED) is 0.889. The van der Waals surface area contributed by atoms with E-state index in [0.29, 0.717) is 0 Å². The van der Waals surface area contributed by atoms with Crippen molar-refractivity contribution in [3.05, 3.63) is 18.2 Å². The van der Waals surface area contributed by atoms with Crippen molar-refractivity contribution < 1.29 is 14.6 Å². The van der Waals surface area contributed by atoms with Gasteiger partial charge in [-0.1, -0.05) is 0 Å². The number of aliphatic hydroxyl groups is 1.